The molecule has 0 radical (unpaired) electrons. The molecule has 0 unspecified atom stereocenters. The number of para-hydroxylation sites is 1. The van der Waals surface area contributed by atoms with E-state index in [1.807, 2.05) is 72.2 Å². The van der Waals surface area contributed by atoms with E-state index < -0.39 is 55.2 Å². The summed E-state index contributed by atoms with van der Waals surface area (Å²) in [5, 5.41) is 24.9. The number of imidazole rings is 1. The van der Waals surface area contributed by atoms with E-state index in [-0.39, 0.29) is 57.2 Å². The third-order valence-corrected chi connectivity index (χ3v) is 14.8. The highest BCUT2D eigenvalue weighted by atomic mass is 32.2. The number of aryl methyl sites for hydroxylation is 1. The number of aliphatic hydroxyl groups is 1. The topological polar surface area (TPSA) is 191 Å². The molecule has 2 aliphatic rings. The Morgan fingerprint density at radius 3 is 2.48 bits per heavy atom. The Bertz CT molecular complexity index is 2750. The van der Waals surface area contributed by atoms with Crippen LogP contribution in [0.2, 0.25) is 0 Å². The van der Waals surface area contributed by atoms with Gasteiger partial charge in [0.25, 0.3) is 21.6 Å². The highest BCUT2D eigenvalue weighted by Crippen LogP contribution is 2.41. The van der Waals surface area contributed by atoms with Crippen LogP contribution < -0.4 is 4.31 Å². The van der Waals surface area contributed by atoms with Gasteiger partial charge in [-0.1, -0.05) is 85.6 Å². The molecule has 3 atom stereocenters. The number of hydrogen-bond acceptors (Lipinski definition) is 12. The van der Waals surface area contributed by atoms with Crippen LogP contribution >= 0.6 is 11.3 Å². The summed E-state index contributed by atoms with van der Waals surface area (Å²) in [6.45, 7) is 1.89. The third-order valence-electron chi connectivity index (χ3n) is 12.0. The molecule has 0 bridgehead atoms. The maximum absolute atomic E-state index is 15.2. The summed E-state index contributed by atoms with van der Waals surface area (Å²) >= 11 is 1.45. The first-order valence-electron chi connectivity index (χ1n) is 21.1. The molecule has 6 aromatic rings. The van der Waals surface area contributed by atoms with E-state index in [0.29, 0.717) is 29.6 Å². The number of carbonyl (C=O) groups excluding carboxylic acids is 2. The summed E-state index contributed by atoms with van der Waals surface area (Å²) in [5.74, 6) is -0.446. The van der Waals surface area contributed by atoms with Gasteiger partial charge in [-0.05, 0) is 56.0 Å². The first kappa shape index (κ1) is 44.4. The number of thiazole rings is 1. The number of aromatic nitrogens is 3. The molecule has 8 rings (SSSR count). The van der Waals surface area contributed by atoms with Gasteiger partial charge >= 0.3 is 6.09 Å². The van der Waals surface area contributed by atoms with Crippen molar-refractivity contribution in [2.45, 2.75) is 68.2 Å². The quantitative estimate of drug-likeness (QED) is 0.0836. The lowest BCUT2D eigenvalue weighted by Gasteiger charge is -2.42. The van der Waals surface area contributed by atoms with E-state index in [2.05, 4.69) is 4.98 Å². The molecule has 1 saturated heterocycles. The second-order valence-corrected chi connectivity index (χ2v) is 19.2. The van der Waals surface area contributed by atoms with Crippen LogP contribution in [0.25, 0.3) is 21.5 Å². The van der Waals surface area contributed by atoms with Crippen molar-refractivity contribution in [3.8, 4) is 11.3 Å². The first-order valence-corrected chi connectivity index (χ1v) is 23.4. The molecule has 4 aromatic carbocycles. The van der Waals surface area contributed by atoms with Crippen LogP contribution in [0.3, 0.4) is 0 Å². The van der Waals surface area contributed by atoms with Gasteiger partial charge in [-0.2, -0.15) is 0 Å². The predicted octanol–water partition coefficient (Wildman–Crippen LogP) is 7.62. The average Bonchev–Trinajstić information content (AvgIpc) is 3.91. The summed E-state index contributed by atoms with van der Waals surface area (Å²) < 4.78 is 44.6. The largest absolute Gasteiger partial charge is 0.445 e. The molecule has 3 heterocycles. The van der Waals surface area contributed by atoms with E-state index in [1.54, 1.807) is 36.5 Å². The fourth-order valence-corrected chi connectivity index (χ4v) is 11.4. The number of fused-ring (bicyclic) bond motifs is 1. The second-order valence-electron chi connectivity index (χ2n) is 16.1. The zero-order chi connectivity index (χ0) is 45.0. The van der Waals surface area contributed by atoms with E-state index in [1.165, 1.54) is 34.4 Å². The van der Waals surface area contributed by atoms with E-state index in [0.717, 1.165) is 38.5 Å². The lowest BCUT2D eigenvalue weighted by Crippen LogP contribution is -2.57. The van der Waals surface area contributed by atoms with Crippen molar-refractivity contribution < 1.29 is 37.5 Å². The Labute approximate surface area is 374 Å². The smallest absolute Gasteiger partial charge is 0.410 e. The Kier molecular flexibility index (Phi) is 13.1. The number of benzene rings is 4. The number of nitro benzene ring substituents is 1. The van der Waals surface area contributed by atoms with Gasteiger partial charge in [0, 0.05) is 44.9 Å². The maximum Gasteiger partial charge on any atom is 0.410 e. The van der Waals surface area contributed by atoms with Gasteiger partial charge in [0.05, 0.1) is 56.5 Å². The number of ether oxygens (including phenoxy) is 2. The van der Waals surface area contributed by atoms with Gasteiger partial charge in [-0.3, -0.25) is 19.2 Å². The van der Waals surface area contributed by atoms with Crippen molar-refractivity contribution in [1.82, 2.24) is 24.3 Å². The molecular weight excluding hydrogens is 859 g/mol. The molecular formula is C46H49N7O9S2. The van der Waals surface area contributed by atoms with Crippen LogP contribution in [-0.2, 0) is 26.1 Å². The lowest BCUT2D eigenvalue weighted by molar-refractivity contribution is -0.387. The molecule has 334 valence electrons. The van der Waals surface area contributed by atoms with Crippen molar-refractivity contribution in [3.05, 3.63) is 136 Å². The minimum atomic E-state index is -4.61. The third kappa shape index (κ3) is 9.08. The van der Waals surface area contributed by atoms with Crippen molar-refractivity contribution in [2.24, 2.45) is 0 Å². The summed E-state index contributed by atoms with van der Waals surface area (Å²) in [7, 11) is -3.06. The van der Waals surface area contributed by atoms with Crippen LogP contribution in [0.5, 0.6) is 0 Å². The van der Waals surface area contributed by atoms with Crippen LogP contribution in [0.15, 0.2) is 114 Å². The number of methoxy groups -OCH3 is 1. The summed E-state index contributed by atoms with van der Waals surface area (Å²) in [6.07, 6.45) is 3.81. The Morgan fingerprint density at radius 2 is 1.73 bits per heavy atom. The lowest BCUT2D eigenvalue weighted by atomic mass is 9.80. The van der Waals surface area contributed by atoms with Gasteiger partial charge in [0.2, 0.25) is 0 Å². The molecule has 18 heteroatoms. The first-order chi connectivity index (χ1) is 30.9. The summed E-state index contributed by atoms with van der Waals surface area (Å²) in [4.78, 5) is 52.3. The van der Waals surface area contributed by atoms with Gasteiger partial charge in [0.1, 0.15) is 12.2 Å². The predicted molar refractivity (Wildman–Crippen MR) is 242 cm³/mol. The van der Waals surface area contributed by atoms with Crippen LogP contribution in [0.4, 0.5) is 16.2 Å². The van der Waals surface area contributed by atoms with Crippen LogP contribution in [0.1, 0.15) is 59.2 Å². The van der Waals surface area contributed by atoms with Gasteiger partial charge in [0.15, 0.2) is 10.6 Å². The molecule has 2 fully saturated rings. The van der Waals surface area contributed by atoms with E-state index in [4.69, 9.17) is 14.5 Å². The highest BCUT2D eigenvalue weighted by molar-refractivity contribution is 7.93. The molecule has 2 amide bonds. The number of sulfonamides is 1. The highest BCUT2D eigenvalue weighted by Gasteiger charge is 2.43. The minimum absolute atomic E-state index is 0.000208. The summed E-state index contributed by atoms with van der Waals surface area (Å²) in [5.41, 5.74) is 1.15. The van der Waals surface area contributed by atoms with Crippen molar-refractivity contribution in [1.29, 1.82) is 0 Å². The minimum Gasteiger partial charge on any atom is -0.445 e. The zero-order valence-corrected chi connectivity index (χ0v) is 37.1. The van der Waals surface area contributed by atoms with E-state index >= 15 is 4.79 Å². The standard InChI is InChI=1S/C46H49N7O9S2/c1-32-48-37-27-35(20-21-39(37)63-32)52(64(59,60)40-18-10-9-17-38(40)53(57)58)24-22-36-28-49(45(55)62-29-33-13-5-3-6-14-33)25-26-50(36)44(54)42-43(34-15-7-4-8-16-34)51(31-47-42)41-19-11-12-23-46(41,56)30-61-2/h3-10,13-18,20-21,27,31,36,41,56H,11-12,19,22-26,28-30H2,1-2H3/t36-,41-,46-/m1/s1. The summed E-state index contributed by atoms with van der Waals surface area (Å²) in [6, 6.07) is 27.6. The number of piperazine rings is 1. The van der Waals surface area contributed by atoms with Crippen molar-refractivity contribution >= 4 is 55.0 Å². The molecule has 16 nitrogen and oxygen atoms in total. The fourth-order valence-electron chi connectivity index (χ4n) is 8.92. The van der Waals surface area contributed by atoms with Gasteiger partial charge in [-0.25, -0.2) is 23.2 Å². The number of amides is 2. The molecule has 1 N–H and O–H groups in total. The van der Waals surface area contributed by atoms with Crippen molar-refractivity contribution in [2.75, 3.05) is 44.2 Å². The molecule has 1 saturated carbocycles. The van der Waals surface area contributed by atoms with E-state index in [9.17, 15) is 28.4 Å². The number of anilines is 1. The molecule has 1 aliphatic heterocycles. The zero-order valence-electron chi connectivity index (χ0n) is 35.5. The monoisotopic (exact) mass is 907 g/mol. The number of carbonyl (C=O) groups is 2. The fraction of sp³-hybridized carbons (Fsp3) is 0.348. The van der Waals surface area contributed by atoms with Gasteiger partial charge in [-0.15, -0.1) is 11.3 Å². The molecule has 0 spiro atoms. The Hall–Kier alpha value is -6.21. The molecule has 2 aromatic heterocycles. The Balaban J connectivity index is 1.18. The maximum atomic E-state index is 15.2. The van der Waals surface area contributed by atoms with Crippen LogP contribution in [0, 0.1) is 17.0 Å². The van der Waals surface area contributed by atoms with Gasteiger partial charge < -0.3 is 28.9 Å². The SMILES string of the molecule is COC[C@]1(O)CCCC[C@H]1n1cnc(C(=O)N2CCN(C(=O)OCc3ccccc3)C[C@H]2CCN(c2ccc3sc(C)nc3c2)S(=O)(=O)c2ccccc2[N+](=O)[O-])c1-c1ccccc1. The second kappa shape index (κ2) is 18.9. The average molecular weight is 908 g/mol. The molecule has 1 aliphatic carbocycles. The number of nitrogens with zero attached hydrogens (tertiary/aromatic N) is 7. The normalized spacial score (nSPS) is 19.1. The van der Waals surface area contributed by atoms with Crippen molar-refractivity contribution in [3.63, 3.8) is 0 Å². The Morgan fingerprint density at radius 1 is 1.00 bits per heavy atom. The number of hydrogen-bond donors (Lipinski definition) is 1. The number of nitro groups is 1. The molecule has 64 heavy (non-hydrogen) atoms. The van der Waals surface area contributed by atoms with Crippen LogP contribution in [-0.4, -0.2) is 106 Å². The number of rotatable bonds is 14.